The Morgan fingerprint density at radius 1 is 1.56 bits per heavy atom. The summed E-state index contributed by atoms with van der Waals surface area (Å²) >= 11 is 6.07. The summed E-state index contributed by atoms with van der Waals surface area (Å²) in [6.07, 6.45) is 0. The smallest absolute Gasteiger partial charge is 0.328 e. The molecule has 18 heavy (non-hydrogen) atoms. The monoisotopic (exact) mass is 266 g/mol. The van der Waals surface area contributed by atoms with Gasteiger partial charge in [-0.1, -0.05) is 6.07 Å². The first-order chi connectivity index (χ1) is 8.54. The van der Waals surface area contributed by atoms with E-state index in [4.69, 9.17) is 16.3 Å². The molecule has 1 atom stereocenters. The number of hydrogen-bond donors (Lipinski definition) is 0. The molecule has 5 heteroatoms. The quantitative estimate of drug-likeness (QED) is 0.634. The van der Waals surface area contributed by atoms with Crippen LogP contribution in [0.3, 0.4) is 0 Å². The number of aryl methyl sites for hydroxylation is 2. The lowest BCUT2D eigenvalue weighted by molar-refractivity contribution is -0.142. The summed E-state index contributed by atoms with van der Waals surface area (Å²) in [5.41, 5.74) is 2.56. The summed E-state index contributed by atoms with van der Waals surface area (Å²) in [4.78, 5) is 16.0. The van der Waals surface area contributed by atoms with Gasteiger partial charge in [0.2, 0.25) is 0 Å². The minimum absolute atomic E-state index is 0.326. The highest BCUT2D eigenvalue weighted by atomic mass is 35.5. The number of esters is 1. The van der Waals surface area contributed by atoms with Crippen molar-refractivity contribution >= 4 is 28.6 Å². The van der Waals surface area contributed by atoms with Crippen molar-refractivity contribution in [3.05, 3.63) is 29.6 Å². The van der Waals surface area contributed by atoms with Crippen LogP contribution in [0.25, 0.3) is 11.0 Å². The fourth-order valence-corrected chi connectivity index (χ4v) is 2.05. The molecule has 0 aliphatic carbocycles. The van der Waals surface area contributed by atoms with Gasteiger partial charge in [0, 0.05) is 7.05 Å². The number of ether oxygens (including phenoxy) is 1. The van der Waals surface area contributed by atoms with E-state index in [1.54, 1.807) is 6.92 Å². The maximum atomic E-state index is 11.6. The van der Waals surface area contributed by atoms with E-state index in [2.05, 4.69) is 4.98 Å². The standard InChI is InChI=1S/C13H15ClN2O2/c1-4-18-13(17)12(14)9-5-6-11-10(7-9)15-8(2)16(11)3/h5-7,12H,4H2,1-3H3. The molecular formula is C13H15ClN2O2. The second-order valence-electron chi connectivity index (χ2n) is 4.08. The maximum Gasteiger partial charge on any atom is 0.328 e. The topological polar surface area (TPSA) is 44.1 Å². The van der Waals surface area contributed by atoms with Gasteiger partial charge in [0.25, 0.3) is 0 Å². The van der Waals surface area contributed by atoms with Crippen LogP contribution >= 0.6 is 11.6 Å². The van der Waals surface area contributed by atoms with Gasteiger partial charge in [-0.25, -0.2) is 4.98 Å². The Hall–Kier alpha value is -1.55. The molecule has 4 nitrogen and oxygen atoms in total. The van der Waals surface area contributed by atoms with E-state index >= 15 is 0 Å². The predicted molar refractivity (Wildman–Crippen MR) is 70.7 cm³/mol. The van der Waals surface area contributed by atoms with Crippen molar-refractivity contribution < 1.29 is 9.53 Å². The second-order valence-corrected chi connectivity index (χ2v) is 4.52. The largest absolute Gasteiger partial charge is 0.465 e. The summed E-state index contributed by atoms with van der Waals surface area (Å²) in [5, 5.41) is -0.781. The van der Waals surface area contributed by atoms with E-state index < -0.39 is 11.3 Å². The van der Waals surface area contributed by atoms with Crippen LogP contribution in [0.5, 0.6) is 0 Å². The minimum atomic E-state index is -0.781. The van der Waals surface area contributed by atoms with Crippen LogP contribution in [0.4, 0.5) is 0 Å². The molecule has 96 valence electrons. The van der Waals surface area contributed by atoms with E-state index in [1.807, 2.05) is 36.7 Å². The summed E-state index contributed by atoms with van der Waals surface area (Å²) in [5.74, 6) is 0.496. The molecule has 0 N–H and O–H groups in total. The first kappa shape index (κ1) is 12.9. The summed E-state index contributed by atoms with van der Waals surface area (Å²) in [6, 6.07) is 5.58. The Labute approximate surface area is 111 Å². The summed E-state index contributed by atoms with van der Waals surface area (Å²) in [7, 11) is 1.95. The third-order valence-corrected chi connectivity index (χ3v) is 3.34. The lowest BCUT2D eigenvalue weighted by Crippen LogP contribution is -2.11. The predicted octanol–water partition coefficient (Wildman–Crippen LogP) is 2.72. The zero-order valence-electron chi connectivity index (χ0n) is 10.6. The van der Waals surface area contributed by atoms with Gasteiger partial charge in [-0.2, -0.15) is 0 Å². The molecule has 0 bridgehead atoms. The van der Waals surface area contributed by atoms with Crippen LogP contribution in [-0.2, 0) is 16.6 Å². The van der Waals surface area contributed by atoms with E-state index in [-0.39, 0.29) is 0 Å². The first-order valence-corrected chi connectivity index (χ1v) is 6.22. The fraction of sp³-hybridized carbons (Fsp3) is 0.385. The molecule has 0 amide bonds. The van der Waals surface area contributed by atoms with Crippen molar-refractivity contribution in [2.45, 2.75) is 19.2 Å². The Morgan fingerprint density at radius 3 is 2.94 bits per heavy atom. The van der Waals surface area contributed by atoms with Gasteiger partial charge in [-0.15, -0.1) is 11.6 Å². The molecule has 2 aromatic rings. The van der Waals surface area contributed by atoms with Crippen LogP contribution in [0.2, 0.25) is 0 Å². The van der Waals surface area contributed by atoms with Gasteiger partial charge in [-0.05, 0) is 31.5 Å². The normalized spacial score (nSPS) is 12.7. The molecule has 0 saturated carbocycles. The van der Waals surface area contributed by atoms with Gasteiger partial charge in [0.1, 0.15) is 5.82 Å². The Morgan fingerprint density at radius 2 is 2.28 bits per heavy atom. The van der Waals surface area contributed by atoms with Gasteiger partial charge in [-0.3, -0.25) is 4.79 Å². The number of alkyl halides is 1. The van der Waals surface area contributed by atoms with Crippen molar-refractivity contribution in [1.29, 1.82) is 0 Å². The number of halogens is 1. The highest BCUT2D eigenvalue weighted by Crippen LogP contribution is 2.25. The van der Waals surface area contributed by atoms with Crippen LogP contribution in [0.15, 0.2) is 18.2 Å². The van der Waals surface area contributed by atoms with E-state index in [1.165, 1.54) is 0 Å². The van der Waals surface area contributed by atoms with Crippen LogP contribution in [0.1, 0.15) is 23.7 Å². The molecule has 2 rings (SSSR count). The summed E-state index contributed by atoms with van der Waals surface area (Å²) < 4.78 is 6.90. The van der Waals surface area contributed by atoms with Gasteiger partial charge in [0.15, 0.2) is 5.38 Å². The molecule has 1 aromatic carbocycles. The Bertz CT molecular complexity index is 592. The van der Waals surface area contributed by atoms with Crippen molar-refractivity contribution in [2.24, 2.45) is 7.05 Å². The third kappa shape index (κ3) is 2.20. The molecule has 1 aromatic heterocycles. The molecule has 0 aliphatic heterocycles. The summed E-state index contributed by atoms with van der Waals surface area (Å²) in [6.45, 7) is 4.02. The van der Waals surface area contributed by atoms with Gasteiger partial charge >= 0.3 is 5.97 Å². The van der Waals surface area contributed by atoms with Crippen molar-refractivity contribution in [3.8, 4) is 0 Å². The number of fused-ring (bicyclic) bond motifs is 1. The molecule has 1 unspecified atom stereocenters. The SMILES string of the molecule is CCOC(=O)C(Cl)c1ccc2c(c1)nc(C)n2C. The molecular weight excluding hydrogens is 252 g/mol. The van der Waals surface area contributed by atoms with Gasteiger partial charge < -0.3 is 9.30 Å². The molecule has 0 radical (unpaired) electrons. The van der Waals surface area contributed by atoms with Crippen LogP contribution < -0.4 is 0 Å². The van der Waals surface area contributed by atoms with Crippen molar-refractivity contribution in [1.82, 2.24) is 9.55 Å². The Kier molecular flexibility index (Phi) is 3.57. The van der Waals surface area contributed by atoms with Gasteiger partial charge in [0.05, 0.1) is 17.6 Å². The number of carbonyl (C=O) groups excluding carboxylic acids is 1. The van der Waals surface area contributed by atoms with E-state index in [0.29, 0.717) is 12.2 Å². The average Bonchev–Trinajstić information content (AvgIpc) is 2.64. The number of rotatable bonds is 3. The second kappa shape index (κ2) is 4.98. The highest BCUT2D eigenvalue weighted by molar-refractivity contribution is 6.30. The average molecular weight is 267 g/mol. The van der Waals surface area contributed by atoms with Crippen molar-refractivity contribution in [2.75, 3.05) is 6.61 Å². The third-order valence-electron chi connectivity index (χ3n) is 2.91. The van der Waals surface area contributed by atoms with E-state index in [9.17, 15) is 4.79 Å². The number of aromatic nitrogens is 2. The minimum Gasteiger partial charge on any atom is -0.465 e. The highest BCUT2D eigenvalue weighted by Gasteiger charge is 2.19. The number of nitrogens with zero attached hydrogens (tertiary/aromatic N) is 2. The van der Waals surface area contributed by atoms with Crippen molar-refractivity contribution in [3.63, 3.8) is 0 Å². The number of carbonyl (C=O) groups is 1. The molecule has 0 fully saturated rings. The van der Waals surface area contributed by atoms with Crippen LogP contribution in [-0.4, -0.2) is 22.1 Å². The van der Waals surface area contributed by atoms with Crippen LogP contribution in [0, 0.1) is 6.92 Å². The first-order valence-electron chi connectivity index (χ1n) is 5.78. The number of hydrogen-bond acceptors (Lipinski definition) is 3. The molecule has 1 heterocycles. The molecule has 0 saturated heterocycles. The zero-order valence-corrected chi connectivity index (χ0v) is 11.4. The fourth-order valence-electron chi connectivity index (χ4n) is 1.85. The number of imidazole rings is 1. The number of benzene rings is 1. The molecule has 0 aliphatic rings. The van der Waals surface area contributed by atoms with E-state index in [0.717, 1.165) is 16.9 Å². The maximum absolute atomic E-state index is 11.6. The lowest BCUT2D eigenvalue weighted by atomic mass is 10.1. The lowest BCUT2D eigenvalue weighted by Gasteiger charge is -2.08. The Balaban J connectivity index is 2.38. The zero-order chi connectivity index (χ0) is 13.3. The molecule has 0 spiro atoms.